The molecule has 1 aromatic carbocycles. The van der Waals surface area contributed by atoms with Gasteiger partial charge >= 0.3 is 0 Å². The van der Waals surface area contributed by atoms with Crippen LogP contribution in [0.1, 0.15) is 35.8 Å². The van der Waals surface area contributed by atoms with Gasteiger partial charge in [-0.25, -0.2) is 12.7 Å². The van der Waals surface area contributed by atoms with E-state index < -0.39 is 10.0 Å². The summed E-state index contributed by atoms with van der Waals surface area (Å²) < 4.78 is 39.2. The lowest BCUT2D eigenvalue weighted by molar-refractivity contribution is -0.133. The SMILES string of the molecule is Cc1nn(CC(=O)N2CCC[C@@H]2c2ccc3c(c2)OCCO3)c(C)c1S(=O)(=O)N(C)C. The minimum absolute atomic E-state index is 0.00330. The molecule has 4 rings (SSSR count). The van der Waals surface area contributed by atoms with Crippen molar-refractivity contribution in [3.63, 3.8) is 0 Å². The molecule has 2 aliphatic heterocycles. The van der Waals surface area contributed by atoms with E-state index in [1.54, 1.807) is 13.8 Å². The normalized spacial score (nSPS) is 18.6. The van der Waals surface area contributed by atoms with E-state index in [-0.39, 0.29) is 23.4 Å². The minimum Gasteiger partial charge on any atom is -0.486 e. The third-order valence-corrected chi connectivity index (χ3v) is 7.93. The van der Waals surface area contributed by atoms with E-state index in [1.807, 2.05) is 23.1 Å². The third kappa shape index (κ3) is 3.89. The summed E-state index contributed by atoms with van der Waals surface area (Å²) in [4.78, 5) is 15.2. The summed E-state index contributed by atoms with van der Waals surface area (Å²) in [6.45, 7) is 5.04. The van der Waals surface area contributed by atoms with Crippen molar-refractivity contribution in [3.8, 4) is 11.5 Å². The first-order chi connectivity index (χ1) is 14.7. The predicted octanol–water partition coefficient (Wildman–Crippen LogP) is 1.89. The van der Waals surface area contributed by atoms with Crippen LogP contribution in [0.25, 0.3) is 0 Å². The molecular formula is C21H28N4O5S. The van der Waals surface area contributed by atoms with Gasteiger partial charge in [0.15, 0.2) is 11.5 Å². The van der Waals surface area contributed by atoms with Gasteiger partial charge in [-0.3, -0.25) is 9.48 Å². The molecule has 1 aromatic heterocycles. The van der Waals surface area contributed by atoms with E-state index in [9.17, 15) is 13.2 Å². The summed E-state index contributed by atoms with van der Waals surface area (Å²) in [5, 5.41) is 4.35. The first kappa shape index (κ1) is 21.6. The average molecular weight is 449 g/mol. The number of benzene rings is 1. The molecule has 1 amide bonds. The summed E-state index contributed by atoms with van der Waals surface area (Å²) in [6.07, 6.45) is 1.77. The molecule has 2 aliphatic rings. The molecule has 0 saturated carbocycles. The maximum absolute atomic E-state index is 13.2. The van der Waals surface area contributed by atoms with Crippen LogP contribution in [0.4, 0.5) is 0 Å². The zero-order valence-electron chi connectivity index (χ0n) is 18.3. The highest BCUT2D eigenvalue weighted by atomic mass is 32.2. The lowest BCUT2D eigenvalue weighted by atomic mass is 10.0. The Bertz CT molecular complexity index is 1110. The highest BCUT2D eigenvalue weighted by molar-refractivity contribution is 7.89. The van der Waals surface area contributed by atoms with Gasteiger partial charge in [0, 0.05) is 20.6 Å². The van der Waals surface area contributed by atoms with Gasteiger partial charge in [0.05, 0.1) is 17.4 Å². The maximum Gasteiger partial charge on any atom is 0.246 e. The van der Waals surface area contributed by atoms with E-state index in [2.05, 4.69) is 5.10 Å². The molecule has 168 valence electrons. The second-order valence-electron chi connectivity index (χ2n) is 8.09. The van der Waals surface area contributed by atoms with E-state index in [4.69, 9.17) is 9.47 Å². The summed E-state index contributed by atoms with van der Waals surface area (Å²) in [5.74, 6) is 1.35. The summed E-state index contributed by atoms with van der Waals surface area (Å²) >= 11 is 0. The van der Waals surface area contributed by atoms with E-state index >= 15 is 0 Å². The number of nitrogens with zero attached hydrogens (tertiary/aromatic N) is 4. The van der Waals surface area contributed by atoms with Crippen molar-refractivity contribution in [3.05, 3.63) is 35.2 Å². The minimum atomic E-state index is -3.64. The highest BCUT2D eigenvalue weighted by Gasteiger charge is 2.33. The number of fused-ring (bicyclic) bond motifs is 1. The van der Waals surface area contributed by atoms with Crippen LogP contribution >= 0.6 is 0 Å². The Kier molecular flexibility index (Phi) is 5.69. The average Bonchev–Trinajstić information content (AvgIpc) is 3.32. The van der Waals surface area contributed by atoms with E-state index in [0.29, 0.717) is 36.9 Å². The van der Waals surface area contributed by atoms with Gasteiger partial charge in [0.25, 0.3) is 0 Å². The fraction of sp³-hybridized carbons (Fsp3) is 0.524. The lowest BCUT2D eigenvalue weighted by Crippen LogP contribution is -2.34. The highest BCUT2D eigenvalue weighted by Crippen LogP contribution is 2.38. The van der Waals surface area contributed by atoms with Gasteiger partial charge in [-0.2, -0.15) is 5.10 Å². The van der Waals surface area contributed by atoms with Crippen molar-refractivity contribution in [2.75, 3.05) is 33.9 Å². The van der Waals surface area contributed by atoms with Crippen molar-refractivity contribution in [2.45, 2.75) is 44.2 Å². The van der Waals surface area contributed by atoms with Crippen molar-refractivity contribution >= 4 is 15.9 Å². The number of sulfonamides is 1. The zero-order valence-corrected chi connectivity index (χ0v) is 19.1. The molecule has 0 bridgehead atoms. The van der Waals surface area contributed by atoms with Crippen molar-refractivity contribution < 1.29 is 22.7 Å². The molecule has 0 N–H and O–H groups in total. The molecule has 9 nitrogen and oxygen atoms in total. The number of rotatable bonds is 5. The number of hydrogen-bond donors (Lipinski definition) is 0. The van der Waals surface area contributed by atoms with Gasteiger partial charge in [0.2, 0.25) is 15.9 Å². The van der Waals surface area contributed by atoms with E-state index in [1.165, 1.54) is 18.8 Å². The molecule has 1 saturated heterocycles. The Balaban J connectivity index is 1.56. The van der Waals surface area contributed by atoms with Gasteiger partial charge in [-0.15, -0.1) is 0 Å². The molecule has 3 heterocycles. The maximum atomic E-state index is 13.2. The Morgan fingerprint density at radius 3 is 2.61 bits per heavy atom. The fourth-order valence-electron chi connectivity index (χ4n) is 4.29. The van der Waals surface area contributed by atoms with Gasteiger partial charge in [0.1, 0.15) is 24.7 Å². The number of hydrogen-bond acceptors (Lipinski definition) is 6. The number of amides is 1. The predicted molar refractivity (Wildman–Crippen MR) is 114 cm³/mol. The molecule has 0 spiro atoms. The summed E-state index contributed by atoms with van der Waals surface area (Å²) in [6, 6.07) is 5.78. The Morgan fingerprint density at radius 1 is 1.19 bits per heavy atom. The smallest absolute Gasteiger partial charge is 0.246 e. The van der Waals surface area contributed by atoms with Crippen LogP contribution in [0.5, 0.6) is 11.5 Å². The molecular weight excluding hydrogens is 420 g/mol. The van der Waals surface area contributed by atoms with Gasteiger partial charge in [-0.05, 0) is 44.4 Å². The standard InChI is InChI=1S/C21H28N4O5S/c1-14-21(31(27,28)23(3)4)15(2)25(22-14)13-20(26)24-9-5-6-17(24)16-7-8-18-19(12-16)30-11-10-29-18/h7-8,12,17H,5-6,9-11,13H2,1-4H3/t17-/m1/s1. The largest absolute Gasteiger partial charge is 0.486 e. The van der Waals surface area contributed by atoms with E-state index in [0.717, 1.165) is 28.5 Å². The van der Waals surface area contributed by atoms with Gasteiger partial charge < -0.3 is 14.4 Å². The molecule has 1 atom stereocenters. The van der Waals surface area contributed by atoms with Crippen LogP contribution in [-0.2, 0) is 21.4 Å². The van der Waals surface area contributed by atoms with Crippen LogP contribution in [-0.4, -0.2) is 67.2 Å². The molecule has 0 aliphatic carbocycles. The van der Waals surface area contributed by atoms with Gasteiger partial charge in [-0.1, -0.05) is 6.07 Å². The Hall–Kier alpha value is -2.59. The lowest BCUT2D eigenvalue weighted by Gasteiger charge is -2.27. The van der Waals surface area contributed by atoms with Crippen molar-refractivity contribution in [1.29, 1.82) is 0 Å². The first-order valence-corrected chi connectivity index (χ1v) is 11.8. The quantitative estimate of drug-likeness (QED) is 0.693. The second kappa shape index (κ2) is 8.16. The number of carbonyl (C=O) groups is 1. The van der Waals surface area contributed by atoms with Crippen LogP contribution < -0.4 is 9.47 Å². The zero-order chi connectivity index (χ0) is 22.3. The third-order valence-electron chi connectivity index (χ3n) is 5.86. The van der Waals surface area contributed by atoms with Crippen molar-refractivity contribution in [2.24, 2.45) is 0 Å². The molecule has 10 heteroatoms. The topological polar surface area (TPSA) is 94.0 Å². The number of ether oxygens (including phenoxy) is 2. The summed E-state index contributed by atoms with van der Waals surface area (Å²) in [7, 11) is -0.665. The number of aryl methyl sites for hydroxylation is 1. The monoisotopic (exact) mass is 448 g/mol. The number of aromatic nitrogens is 2. The molecule has 1 fully saturated rings. The van der Waals surface area contributed by atoms with Crippen LogP contribution in [0.3, 0.4) is 0 Å². The number of likely N-dealkylation sites (tertiary alicyclic amines) is 1. The molecule has 31 heavy (non-hydrogen) atoms. The number of carbonyl (C=O) groups excluding carboxylic acids is 1. The second-order valence-corrected chi connectivity index (χ2v) is 10.2. The summed E-state index contributed by atoms with van der Waals surface area (Å²) in [5.41, 5.74) is 1.87. The van der Waals surface area contributed by atoms with Crippen molar-refractivity contribution in [1.82, 2.24) is 19.0 Å². The molecule has 0 radical (unpaired) electrons. The molecule has 0 unspecified atom stereocenters. The van der Waals surface area contributed by atoms with Crippen LogP contribution in [0.2, 0.25) is 0 Å². The first-order valence-electron chi connectivity index (χ1n) is 10.4. The Morgan fingerprint density at radius 2 is 1.90 bits per heavy atom. The Labute approximate surface area is 182 Å². The van der Waals surface area contributed by atoms with Crippen LogP contribution in [0, 0.1) is 13.8 Å². The van der Waals surface area contributed by atoms with Crippen LogP contribution in [0.15, 0.2) is 23.1 Å². The fourth-order valence-corrected chi connectivity index (χ4v) is 5.55. The molecule has 2 aromatic rings.